The number of aryl methyl sites for hydroxylation is 1. The summed E-state index contributed by atoms with van der Waals surface area (Å²) in [5.41, 5.74) is 1.28. The Labute approximate surface area is 187 Å². The van der Waals surface area contributed by atoms with E-state index >= 15 is 0 Å². The van der Waals surface area contributed by atoms with E-state index in [0.717, 1.165) is 9.13 Å². The minimum atomic E-state index is -3.94. The number of carbonyl (C=O) groups is 1. The second kappa shape index (κ2) is 8.26. The van der Waals surface area contributed by atoms with Gasteiger partial charge in [0.25, 0.3) is 10.0 Å². The third kappa shape index (κ3) is 4.29. The third-order valence-corrected chi connectivity index (χ3v) is 6.64. The van der Waals surface area contributed by atoms with Crippen LogP contribution in [0.4, 0.5) is 5.69 Å². The maximum atomic E-state index is 12.8. The molecule has 1 aliphatic heterocycles. The van der Waals surface area contributed by atoms with Gasteiger partial charge >= 0.3 is 0 Å². The molecule has 0 radical (unpaired) electrons. The Bertz CT molecular complexity index is 1240. The summed E-state index contributed by atoms with van der Waals surface area (Å²) in [6, 6.07) is 14.4. The summed E-state index contributed by atoms with van der Waals surface area (Å²) >= 11 is 2.03. The van der Waals surface area contributed by atoms with Crippen molar-refractivity contribution in [2.45, 2.75) is 30.6 Å². The van der Waals surface area contributed by atoms with Crippen LogP contribution < -0.4 is 5.32 Å². The number of aromatic nitrogens is 2. The molecule has 1 atom stereocenters. The zero-order valence-electron chi connectivity index (χ0n) is 15.9. The number of nitrogens with zero attached hydrogens (tertiary/aromatic N) is 3. The molecule has 2 aromatic carbocycles. The second-order valence-electron chi connectivity index (χ2n) is 6.79. The molecule has 8 nitrogen and oxygen atoms in total. The van der Waals surface area contributed by atoms with Gasteiger partial charge in [0, 0.05) is 9.99 Å². The van der Waals surface area contributed by atoms with Crippen LogP contribution in [-0.4, -0.2) is 30.2 Å². The highest BCUT2D eigenvalue weighted by molar-refractivity contribution is 14.1. The van der Waals surface area contributed by atoms with Gasteiger partial charge in [0.2, 0.25) is 5.89 Å². The normalized spacial score (nSPS) is 15.6. The highest BCUT2D eigenvalue weighted by Gasteiger charge is 2.29. The minimum Gasteiger partial charge on any atom is -0.339 e. The van der Waals surface area contributed by atoms with E-state index in [1.807, 2.05) is 52.9 Å². The van der Waals surface area contributed by atoms with Gasteiger partial charge in [-0.15, -0.1) is 4.40 Å². The first kappa shape index (κ1) is 20.7. The number of amidine groups is 1. The van der Waals surface area contributed by atoms with Crippen molar-refractivity contribution in [1.82, 2.24) is 10.1 Å². The largest absolute Gasteiger partial charge is 0.339 e. The molecule has 0 saturated carbocycles. The molecule has 1 aliphatic rings. The average Bonchev–Trinajstić information content (AvgIpc) is 3.15. The number of benzene rings is 2. The summed E-state index contributed by atoms with van der Waals surface area (Å²) in [5.74, 6) is 0.0497. The fraction of sp³-hybridized carbons (Fsp3) is 0.200. The standard InChI is InChI=1S/C20H17IN4O4S/c1-12-22-20(29-24-12)15(13-5-3-2-4-6-13)8-10-17(26)19-23-16-9-7-14(21)11-18(16)30(27,28)25-19/h2-7,9,11,15H,8,10H2,1H3,(H,23,25). The summed E-state index contributed by atoms with van der Waals surface area (Å²) in [6.45, 7) is 1.73. The molecule has 0 spiro atoms. The number of halogens is 1. The molecular weight excluding hydrogens is 519 g/mol. The molecule has 1 N–H and O–H groups in total. The molecule has 1 unspecified atom stereocenters. The molecule has 0 amide bonds. The van der Waals surface area contributed by atoms with Crippen molar-refractivity contribution >= 4 is 49.9 Å². The van der Waals surface area contributed by atoms with Crippen molar-refractivity contribution in [3.8, 4) is 0 Å². The van der Waals surface area contributed by atoms with Crippen molar-refractivity contribution in [3.63, 3.8) is 0 Å². The van der Waals surface area contributed by atoms with E-state index in [1.165, 1.54) is 6.07 Å². The van der Waals surface area contributed by atoms with Crippen LogP contribution in [-0.2, 0) is 14.8 Å². The number of anilines is 1. The van der Waals surface area contributed by atoms with E-state index in [1.54, 1.807) is 19.1 Å². The van der Waals surface area contributed by atoms with E-state index in [-0.39, 0.29) is 23.1 Å². The van der Waals surface area contributed by atoms with Crippen molar-refractivity contribution in [2.24, 2.45) is 4.40 Å². The molecule has 0 bridgehead atoms. The van der Waals surface area contributed by atoms with E-state index in [4.69, 9.17) is 4.52 Å². The maximum absolute atomic E-state index is 12.8. The van der Waals surface area contributed by atoms with E-state index < -0.39 is 15.8 Å². The van der Waals surface area contributed by atoms with Crippen LogP contribution >= 0.6 is 22.6 Å². The van der Waals surface area contributed by atoms with Gasteiger partial charge in [0.05, 0.1) is 11.6 Å². The molecule has 0 fully saturated rings. The first-order valence-electron chi connectivity index (χ1n) is 9.13. The van der Waals surface area contributed by atoms with Crippen LogP contribution in [0.3, 0.4) is 0 Å². The highest BCUT2D eigenvalue weighted by atomic mass is 127. The van der Waals surface area contributed by atoms with Gasteiger partial charge in [-0.05, 0) is 59.7 Å². The predicted octanol–water partition coefficient (Wildman–Crippen LogP) is 3.68. The molecule has 1 aromatic heterocycles. The lowest BCUT2D eigenvalue weighted by atomic mass is 9.93. The Balaban J connectivity index is 1.56. The third-order valence-electron chi connectivity index (χ3n) is 4.65. The quantitative estimate of drug-likeness (QED) is 0.478. The maximum Gasteiger partial charge on any atom is 0.286 e. The van der Waals surface area contributed by atoms with E-state index in [2.05, 4.69) is 19.9 Å². The van der Waals surface area contributed by atoms with Gasteiger partial charge in [-0.2, -0.15) is 13.4 Å². The van der Waals surface area contributed by atoms with Crippen molar-refractivity contribution in [3.05, 3.63) is 69.4 Å². The van der Waals surface area contributed by atoms with Crippen LogP contribution in [0.2, 0.25) is 0 Å². The van der Waals surface area contributed by atoms with Gasteiger partial charge in [-0.3, -0.25) is 4.79 Å². The van der Waals surface area contributed by atoms with Gasteiger partial charge in [-0.1, -0.05) is 35.5 Å². The lowest BCUT2D eigenvalue weighted by Gasteiger charge is -2.18. The first-order chi connectivity index (χ1) is 14.3. The molecule has 30 heavy (non-hydrogen) atoms. The fourth-order valence-electron chi connectivity index (χ4n) is 3.22. The number of hydrogen-bond donors (Lipinski definition) is 1. The number of fused-ring (bicyclic) bond motifs is 1. The molecular formula is C20H17IN4O4S. The second-order valence-corrected chi connectivity index (χ2v) is 9.60. The fourth-order valence-corrected chi connectivity index (χ4v) is 5.08. The Morgan fingerprint density at radius 1 is 1.20 bits per heavy atom. The number of carbonyl (C=O) groups excluding carboxylic acids is 1. The van der Waals surface area contributed by atoms with Crippen LogP contribution in [0.15, 0.2) is 62.3 Å². The SMILES string of the molecule is Cc1noc(C(CCC(=O)C2=NS(=O)(=O)c3cc(I)ccc3N2)c2ccccc2)n1. The van der Waals surface area contributed by atoms with Gasteiger partial charge in [0.15, 0.2) is 17.4 Å². The number of nitrogens with one attached hydrogen (secondary N) is 1. The number of ketones is 1. The number of hydrogen-bond acceptors (Lipinski definition) is 7. The van der Waals surface area contributed by atoms with E-state index in [0.29, 0.717) is 23.8 Å². The highest BCUT2D eigenvalue weighted by Crippen LogP contribution is 2.31. The molecule has 0 aliphatic carbocycles. The molecule has 10 heteroatoms. The zero-order valence-corrected chi connectivity index (χ0v) is 18.8. The number of Topliss-reactive ketones (excluding diaryl/α,β-unsaturated/α-hetero) is 1. The van der Waals surface area contributed by atoms with Gasteiger partial charge in [-0.25, -0.2) is 0 Å². The monoisotopic (exact) mass is 536 g/mol. The van der Waals surface area contributed by atoms with Gasteiger partial charge < -0.3 is 9.84 Å². The minimum absolute atomic E-state index is 0.0576. The van der Waals surface area contributed by atoms with Gasteiger partial charge in [0.1, 0.15) is 4.90 Å². The molecule has 0 saturated heterocycles. The lowest BCUT2D eigenvalue weighted by Crippen LogP contribution is -2.29. The Morgan fingerprint density at radius 3 is 2.67 bits per heavy atom. The lowest BCUT2D eigenvalue weighted by molar-refractivity contribution is -0.113. The average molecular weight is 536 g/mol. The summed E-state index contributed by atoms with van der Waals surface area (Å²) in [5, 5.41) is 6.70. The van der Waals surface area contributed by atoms with Crippen LogP contribution in [0.1, 0.15) is 36.0 Å². The van der Waals surface area contributed by atoms with Crippen LogP contribution in [0.25, 0.3) is 0 Å². The molecule has 4 rings (SSSR count). The van der Waals surface area contributed by atoms with Crippen LogP contribution in [0, 0.1) is 10.5 Å². The molecule has 3 aromatic rings. The van der Waals surface area contributed by atoms with Crippen LogP contribution in [0.5, 0.6) is 0 Å². The molecule has 2 heterocycles. The number of sulfonamides is 1. The Morgan fingerprint density at radius 2 is 1.97 bits per heavy atom. The topological polar surface area (TPSA) is 115 Å². The summed E-state index contributed by atoms with van der Waals surface area (Å²) in [7, 11) is -3.94. The summed E-state index contributed by atoms with van der Waals surface area (Å²) < 4.78 is 34.8. The van der Waals surface area contributed by atoms with Crippen molar-refractivity contribution in [2.75, 3.05) is 5.32 Å². The van der Waals surface area contributed by atoms with Crippen molar-refractivity contribution < 1.29 is 17.7 Å². The summed E-state index contributed by atoms with van der Waals surface area (Å²) in [4.78, 5) is 17.2. The van der Waals surface area contributed by atoms with Crippen molar-refractivity contribution in [1.29, 1.82) is 0 Å². The zero-order chi connectivity index (χ0) is 21.3. The smallest absolute Gasteiger partial charge is 0.286 e. The summed E-state index contributed by atoms with van der Waals surface area (Å²) in [6.07, 6.45) is 0.423. The Kier molecular flexibility index (Phi) is 5.69. The Hall–Kier alpha value is -2.60. The van der Waals surface area contributed by atoms with E-state index in [9.17, 15) is 13.2 Å². The first-order valence-corrected chi connectivity index (χ1v) is 11.7. The predicted molar refractivity (Wildman–Crippen MR) is 119 cm³/mol. The molecule has 154 valence electrons. The number of rotatable bonds is 6.